The van der Waals surface area contributed by atoms with Crippen LogP contribution in [-0.2, 0) is 9.53 Å². The molecule has 100 valence electrons. The van der Waals surface area contributed by atoms with E-state index < -0.39 is 5.60 Å². The summed E-state index contributed by atoms with van der Waals surface area (Å²) in [5, 5.41) is 19.0. The van der Waals surface area contributed by atoms with E-state index in [9.17, 15) is 9.90 Å². The first-order valence-electron chi connectivity index (χ1n) is 6.17. The van der Waals surface area contributed by atoms with Crippen molar-refractivity contribution in [1.82, 2.24) is 4.90 Å². The molecule has 1 rings (SSSR count). The molecule has 0 saturated carbocycles. The Hall–Kier alpha value is -1.54. The summed E-state index contributed by atoms with van der Waals surface area (Å²) < 4.78 is 4.99. The number of hydrogen-bond donors (Lipinski definition) is 1. The third-order valence-corrected chi connectivity index (χ3v) is 3.05. The van der Waals surface area contributed by atoms with Gasteiger partial charge in [0.2, 0.25) is 0 Å². The summed E-state index contributed by atoms with van der Waals surface area (Å²) in [5.74, 6) is -0.365. The van der Waals surface area contributed by atoms with Crippen LogP contribution in [0.3, 0.4) is 0 Å². The lowest BCUT2D eigenvalue weighted by Gasteiger charge is -2.33. The second kappa shape index (κ2) is 5.87. The van der Waals surface area contributed by atoms with Gasteiger partial charge in [0.1, 0.15) is 12.3 Å². The number of amides is 1. The molecule has 0 radical (unpaired) electrons. The summed E-state index contributed by atoms with van der Waals surface area (Å²) >= 11 is 0. The fourth-order valence-electron chi connectivity index (χ4n) is 2.19. The van der Waals surface area contributed by atoms with Gasteiger partial charge >= 0.3 is 0 Å². The van der Waals surface area contributed by atoms with Crippen LogP contribution in [0.25, 0.3) is 0 Å². The largest absolute Gasteiger partial charge is 0.500 e. The molecule has 1 aliphatic heterocycles. The van der Waals surface area contributed by atoms with Gasteiger partial charge in [0.25, 0.3) is 5.91 Å². The van der Waals surface area contributed by atoms with Crippen LogP contribution in [0, 0.1) is 11.3 Å². The Bertz CT molecular complexity index is 377. The minimum absolute atomic E-state index is 0.0204. The van der Waals surface area contributed by atoms with E-state index in [2.05, 4.69) is 0 Å². The SMILES string of the molecule is CCO/C=C(/C#N)C(=O)N1CCCC1C(C)(C)O. The van der Waals surface area contributed by atoms with Gasteiger partial charge in [-0.25, -0.2) is 0 Å². The average molecular weight is 252 g/mol. The maximum absolute atomic E-state index is 12.2. The highest BCUT2D eigenvalue weighted by Gasteiger charge is 2.39. The monoisotopic (exact) mass is 252 g/mol. The van der Waals surface area contributed by atoms with Crippen LogP contribution in [0.2, 0.25) is 0 Å². The van der Waals surface area contributed by atoms with Crippen molar-refractivity contribution in [3.05, 3.63) is 11.8 Å². The molecule has 1 amide bonds. The molecule has 1 heterocycles. The Kier molecular flexibility index (Phi) is 4.74. The van der Waals surface area contributed by atoms with Crippen LogP contribution < -0.4 is 0 Å². The summed E-state index contributed by atoms with van der Waals surface area (Å²) in [6.45, 7) is 6.13. The third kappa shape index (κ3) is 3.23. The molecule has 0 aromatic carbocycles. The minimum Gasteiger partial charge on any atom is -0.500 e. The molecule has 0 aromatic rings. The zero-order valence-electron chi connectivity index (χ0n) is 11.1. The molecule has 1 saturated heterocycles. The molecular weight excluding hydrogens is 232 g/mol. The second-order valence-corrected chi connectivity index (χ2v) is 4.91. The van der Waals surface area contributed by atoms with Gasteiger partial charge < -0.3 is 14.7 Å². The van der Waals surface area contributed by atoms with Gasteiger partial charge in [-0.2, -0.15) is 5.26 Å². The Morgan fingerprint density at radius 1 is 1.67 bits per heavy atom. The number of nitriles is 1. The van der Waals surface area contributed by atoms with E-state index in [0.717, 1.165) is 12.8 Å². The van der Waals surface area contributed by atoms with Gasteiger partial charge in [0, 0.05) is 6.54 Å². The van der Waals surface area contributed by atoms with Crippen molar-refractivity contribution in [1.29, 1.82) is 5.26 Å². The number of aliphatic hydroxyl groups is 1. The van der Waals surface area contributed by atoms with E-state index in [-0.39, 0.29) is 17.5 Å². The van der Waals surface area contributed by atoms with Gasteiger partial charge in [-0.3, -0.25) is 4.79 Å². The van der Waals surface area contributed by atoms with Crippen LogP contribution in [-0.4, -0.2) is 40.7 Å². The van der Waals surface area contributed by atoms with E-state index in [1.807, 2.05) is 6.07 Å². The molecule has 1 atom stereocenters. The standard InChI is InChI=1S/C13H20N2O3/c1-4-18-9-10(8-14)12(16)15-7-5-6-11(15)13(2,3)17/h9,11,17H,4-7H2,1-3H3/b10-9-. The van der Waals surface area contributed by atoms with Crippen molar-refractivity contribution >= 4 is 5.91 Å². The number of carbonyl (C=O) groups excluding carboxylic acids is 1. The minimum atomic E-state index is -0.960. The topological polar surface area (TPSA) is 73.6 Å². The third-order valence-electron chi connectivity index (χ3n) is 3.05. The van der Waals surface area contributed by atoms with Crippen LogP contribution in [0.15, 0.2) is 11.8 Å². The number of carbonyl (C=O) groups is 1. The summed E-state index contributed by atoms with van der Waals surface area (Å²) in [7, 11) is 0. The highest BCUT2D eigenvalue weighted by atomic mass is 16.5. The Labute approximate surface area is 108 Å². The van der Waals surface area contributed by atoms with E-state index >= 15 is 0 Å². The van der Waals surface area contributed by atoms with Crippen molar-refractivity contribution < 1.29 is 14.6 Å². The fraction of sp³-hybridized carbons (Fsp3) is 0.692. The second-order valence-electron chi connectivity index (χ2n) is 4.91. The number of rotatable bonds is 4. The zero-order valence-corrected chi connectivity index (χ0v) is 11.1. The summed E-state index contributed by atoms with van der Waals surface area (Å²) in [6, 6.07) is 1.60. The van der Waals surface area contributed by atoms with Crippen molar-refractivity contribution in [2.75, 3.05) is 13.2 Å². The molecule has 18 heavy (non-hydrogen) atoms. The summed E-state index contributed by atoms with van der Waals surface area (Å²) in [5.41, 5.74) is -0.980. The van der Waals surface area contributed by atoms with Crippen molar-refractivity contribution in [3.63, 3.8) is 0 Å². The van der Waals surface area contributed by atoms with E-state index in [4.69, 9.17) is 10.00 Å². The molecule has 1 aliphatic rings. The molecule has 0 aromatic heterocycles. The molecule has 0 spiro atoms. The highest BCUT2D eigenvalue weighted by molar-refractivity contribution is 5.97. The van der Waals surface area contributed by atoms with Crippen molar-refractivity contribution in [2.45, 2.75) is 45.3 Å². The lowest BCUT2D eigenvalue weighted by Crippen LogP contribution is -2.48. The summed E-state index contributed by atoms with van der Waals surface area (Å²) in [4.78, 5) is 13.7. The van der Waals surface area contributed by atoms with Crippen LogP contribution in [0.1, 0.15) is 33.6 Å². The van der Waals surface area contributed by atoms with Gasteiger partial charge in [-0.1, -0.05) is 0 Å². The van der Waals surface area contributed by atoms with Crippen molar-refractivity contribution in [3.8, 4) is 6.07 Å². The first-order chi connectivity index (χ1) is 8.41. The van der Waals surface area contributed by atoms with Gasteiger partial charge in [-0.05, 0) is 33.6 Å². The molecule has 1 unspecified atom stereocenters. The normalized spacial score (nSPS) is 20.7. The van der Waals surface area contributed by atoms with Gasteiger partial charge in [0.05, 0.1) is 18.2 Å². The smallest absolute Gasteiger partial charge is 0.268 e. The first kappa shape index (κ1) is 14.5. The van der Waals surface area contributed by atoms with Gasteiger partial charge in [0.15, 0.2) is 5.57 Å². The number of likely N-dealkylation sites (tertiary alicyclic amines) is 1. The van der Waals surface area contributed by atoms with Crippen LogP contribution >= 0.6 is 0 Å². The zero-order chi connectivity index (χ0) is 13.8. The number of hydrogen-bond acceptors (Lipinski definition) is 4. The number of nitrogens with zero attached hydrogens (tertiary/aromatic N) is 2. The lowest BCUT2D eigenvalue weighted by atomic mass is 9.96. The highest BCUT2D eigenvalue weighted by Crippen LogP contribution is 2.27. The van der Waals surface area contributed by atoms with E-state index in [1.165, 1.54) is 6.26 Å². The van der Waals surface area contributed by atoms with Crippen molar-refractivity contribution in [2.24, 2.45) is 0 Å². The predicted molar refractivity (Wildman–Crippen MR) is 66.4 cm³/mol. The quantitative estimate of drug-likeness (QED) is 0.463. The Morgan fingerprint density at radius 3 is 2.83 bits per heavy atom. The molecule has 1 fully saturated rings. The van der Waals surface area contributed by atoms with Gasteiger partial charge in [-0.15, -0.1) is 0 Å². The molecule has 1 N–H and O–H groups in total. The molecular formula is C13H20N2O3. The summed E-state index contributed by atoms with van der Waals surface area (Å²) in [6.07, 6.45) is 2.79. The van der Waals surface area contributed by atoms with E-state index in [1.54, 1.807) is 25.7 Å². The molecule has 5 heteroatoms. The average Bonchev–Trinajstić information content (AvgIpc) is 2.78. The number of ether oxygens (including phenoxy) is 1. The first-order valence-corrected chi connectivity index (χ1v) is 6.17. The Balaban J connectivity index is 2.86. The predicted octanol–water partition coefficient (Wildman–Crippen LogP) is 1.19. The molecule has 5 nitrogen and oxygen atoms in total. The van der Waals surface area contributed by atoms with E-state index in [0.29, 0.717) is 13.2 Å². The van der Waals surface area contributed by atoms with Crippen LogP contribution in [0.4, 0.5) is 0 Å². The van der Waals surface area contributed by atoms with Crippen LogP contribution in [0.5, 0.6) is 0 Å². The molecule has 0 bridgehead atoms. The maximum atomic E-state index is 12.2. The maximum Gasteiger partial charge on any atom is 0.268 e. The fourth-order valence-corrected chi connectivity index (χ4v) is 2.19. The Morgan fingerprint density at radius 2 is 2.33 bits per heavy atom. The lowest BCUT2D eigenvalue weighted by molar-refractivity contribution is -0.132. The molecule has 0 aliphatic carbocycles.